The standard InChI is InChI=1S/C25H33NO3S/c1-3-5-17-26-24(30)22(21-9-7-6-8-10-21)16-15-19-11-13-20(14-12-19)18-23(25(27)28)29-4-2/h6-14,22-23H,3-5,15-18H2,1-2H3,(H,26,30)(H,27,28)/t22?,23-/m0/s1. The van der Waals surface area contributed by atoms with Gasteiger partial charge in [0, 0.05) is 25.5 Å². The number of carboxylic acid groups (broad SMARTS) is 1. The molecule has 0 spiro atoms. The molecule has 0 heterocycles. The summed E-state index contributed by atoms with van der Waals surface area (Å²) in [6.07, 6.45) is 3.67. The smallest absolute Gasteiger partial charge is 0.333 e. The Bertz CT molecular complexity index is 777. The Morgan fingerprint density at radius 3 is 2.33 bits per heavy atom. The third-order valence-electron chi connectivity index (χ3n) is 5.16. The summed E-state index contributed by atoms with van der Waals surface area (Å²) in [6.45, 7) is 5.29. The summed E-state index contributed by atoms with van der Waals surface area (Å²) in [4.78, 5) is 12.2. The fraction of sp³-hybridized carbons (Fsp3) is 0.440. The first kappa shape index (κ1) is 24.0. The van der Waals surface area contributed by atoms with Crippen LogP contribution in [0, 0.1) is 0 Å². The van der Waals surface area contributed by atoms with Crippen LogP contribution in [0.3, 0.4) is 0 Å². The second-order valence-corrected chi connectivity index (χ2v) is 7.89. The van der Waals surface area contributed by atoms with Gasteiger partial charge in [-0.05, 0) is 42.9 Å². The van der Waals surface area contributed by atoms with Crippen molar-refractivity contribution < 1.29 is 14.6 Å². The summed E-state index contributed by atoms with van der Waals surface area (Å²) in [5.41, 5.74) is 3.43. The number of thiocarbonyl (C=S) groups is 1. The molecule has 0 amide bonds. The van der Waals surface area contributed by atoms with E-state index in [1.807, 2.05) is 25.1 Å². The zero-order valence-corrected chi connectivity index (χ0v) is 18.8. The van der Waals surface area contributed by atoms with Crippen molar-refractivity contribution in [2.75, 3.05) is 13.2 Å². The molecule has 0 aliphatic heterocycles. The molecule has 0 radical (unpaired) electrons. The highest BCUT2D eigenvalue weighted by atomic mass is 32.1. The second-order valence-electron chi connectivity index (χ2n) is 7.45. The largest absolute Gasteiger partial charge is 0.479 e. The Labute approximate surface area is 185 Å². The Balaban J connectivity index is 2.00. The third-order valence-corrected chi connectivity index (χ3v) is 5.59. The van der Waals surface area contributed by atoms with Gasteiger partial charge in [-0.1, -0.05) is 80.2 Å². The highest BCUT2D eigenvalue weighted by Crippen LogP contribution is 2.23. The molecule has 162 valence electrons. The zero-order chi connectivity index (χ0) is 21.8. The fourth-order valence-corrected chi connectivity index (χ4v) is 3.79. The molecule has 0 saturated heterocycles. The molecule has 5 heteroatoms. The van der Waals surface area contributed by atoms with Crippen LogP contribution in [0.15, 0.2) is 54.6 Å². The van der Waals surface area contributed by atoms with E-state index < -0.39 is 12.1 Å². The molecule has 1 unspecified atom stereocenters. The molecule has 0 saturated carbocycles. The number of hydrogen-bond acceptors (Lipinski definition) is 3. The van der Waals surface area contributed by atoms with Gasteiger partial charge >= 0.3 is 5.97 Å². The molecule has 2 aromatic rings. The normalized spacial score (nSPS) is 12.9. The Morgan fingerprint density at radius 2 is 1.73 bits per heavy atom. The lowest BCUT2D eigenvalue weighted by Crippen LogP contribution is -2.28. The number of nitrogens with one attached hydrogen (secondary N) is 1. The minimum atomic E-state index is -0.921. The molecule has 2 N–H and O–H groups in total. The number of aliphatic carboxylic acids is 1. The van der Waals surface area contributed by atoms with Crippen LogP contribution < -0.4 is 5.32 Å². The molecule has 30 heavy (non-hydrogen) atoms. The van der Waals surface area contributed by atoms with Crippen molar-refractivity contribution in [2.24, 2.45) is 0 Å². The van der Waals surface area contributed by atoms with Gasteiger partial charge in [0.25, 0.3) is 0 Å². The van der Waals surface area contributed by atoms with Gasteiger partial charge in [-0.15, -0.1) is 0 Å². The topological polar surface area (TPSA) is 58.6 Å². The lowest BCUT2D eigenvalue weighted by Gasteiger charge is -2.20. The highest BCUT2D eigenvalue weighted by Gasteiger charge is 2.19. The Kier molecular flexibility index (Phi) is 10.5. The summed E-state index contributed by atoms with van der Waals surface area (Å²) in [7, 11) is 0. The van der Waals surface area contributed by atoms with Gasteiger partial charge < -0.3 is 15.2 Å². The van der Waals surface area contributed by atoms with Crippen molar-refractivity contribution in [3.05, 3.63) is 71.3 Å². The van der Waals surface area contributed by atoms with E-state index in [9.17, 15) is 9.90 Å². The van der Waals surface area contributed by atoms with Crippen LogP contribution in [0.2, 0.25) is 0 Å². The van der Waals surface area contributed by atoms with Gasteiger partial charge in [0.2, 0.25) is 0 Å². The van der Waals surface area contributed by atoms with Crippen LogP contribution >= 0.6 is 12.2 Å². The summed E-state index contributed by atoms with van der Waals surface area (Å²) < 4.78 is 5.31. The van der Waals surface area contributed by atoms with Crippen LogP contribution in [-0.2, 0) is 22.4 Å². The van der Waals surface area contributed by atoms with E-state index in [2.05, 4.69) is 48.6 Å². The number of carboxylic acids is 1. The van der Waals surface area contributed by atoms with E-state index in [0.29, 0.717) is 13.0 Å². The molecule has 2 rings (SSSR count). The predicted molar refractivity (Wildman–Crippen MR) is 126 cm³/mol. The molecular weight excluding hydrogens is 394 g/mol. The van der Waals surface area contributed by atoms with Crippen molar-refractivity contribution in [2.45, 2.75) is 58.0 Å². The summed E-state index contributed by atoms with van der Waals surface area (Å²) >= 11 is 5.72. The van der Waals surface area contributed by atoms with Crippen molar-refractivity contribution in [3.8, 4) is 0 Å². The SMILES string of the molecule is CCCCNC(=S)C(CCc1ccc(C[C@H](OCC)C(=O)O)cc1)c1ccccc1. The molecule has 2 atom stereocenters. The van der Waals surface area contributed by atoms with Crippen molar-refractivity contribution in [1.29, 1.82) is 0 Å². The maximum atomic E-state index is 11.3. The molecule has 0 bridgehead atoms. The van der Waals surface area contributed by atoms with Gasteiger partial charge in [0.15, 0.2) is 6.10 Å². The molecule has 2 aromatic carbocycles. The number of unbranched alkanes of at least 4 members (excludes halogenated alkanes) is 1. The van der Waals surface area contributed by atoms with Gasteiger partial charge in [-0.25, -0.2) is 4.79 Å². The predicted octanol–water partition coefficient (Wildman–Crippen LogP) is 5.15. The van der Waals surface area contributed by atoms with Crippen LogP contribution in [0.25, 0.3) is 0 Å². The number of benzene rings is 2. The average Bonchev–Trinajstić information content (AvgIpc) is 2.75. The number of aryl methyl sites for hydroxylation is 1. The van der Waals surface area contributed by atoms with Crippen molar-refractivity contribution in [3.63, 3.8) is 0 Å². The lowest BCUT2D eigenvalue weighted by atomic mass is 9.91. The molecule has 0 fully saturated rings. The molecule has 0 aliphatic rings. The Hall–Kier alpha value is -2.24. The first-order valence-electron chi connectivity index (χ1n) is 10.8. The quantitative estimate of drug-likeness (QED) is 0.342. The molecule has 0 aromatic heterocycles. The van der Waals surface area contributed by atoms with Gasteiger partial charge in [0.1, 0.15) is 0 Å². The average molecular weight is 428 g/mol. The van der Waals surface area contributed by atoms with Crippen LogP contribution in [0.4, 0.5) is 0 Å². The number of rotatable bonds is 13. The minimum Gasteiger partial charge on any atom is -0.479 e. The second kappa shape index (κ2) is 13.1. The summed E-state index contributed by atoms with van der Waals surface area (Å²) in [5, 5.41) is 12.7. The molecule has 4 nitrogen and oxygen atoms in total. The van der Waals surface area contributed by atoms with E-state index in [1.54, 1.807) is 0 Å². The zero-order valence-electron chi connectivity index (χ0n) is 18.0. The minimum absolute atomic E-state index is 0.187. The van der Waals surface area contributed by atoms with Crippen molar-refractivity contribution in [1.82, 2.24) is 5.32 Å². The van der Waals surface area contributed by atoms with E-state index >= 15 is 0 Å². The van der Waals surface area contributed by atoms with Gasteiger partial charge in [-0.3, -0.25) is 0 Å². The molecule has 0 aliphatic carbocycles. The highest BCUT2D eigenvalue weighted by molar-refractivity contribution is 7.80. The molecular formula is C25H33NO3S. The summed E-state index contributed by atoms with van der Waals surface area (Å²) in [5.74, 6) is -0.734. The third kappa shape index (κ3) is 7.88. The number of ether oxygens (including phenoxy) is 1. The lowest BCUT2D eigenvalue weighted by molar-refractivity contribution is -0.149. The van der Waals surface area contributed by atoms with E-state index in [0.717, 1.165) is 42.8 Å². The maximum Gasteiger partial charge on any atom is 0.333 e. The van der Waals surface area contributed by atoms with E-state index in [1.165, 1.54) is 11.1 Å². The van der Waals surface area contributed by atoms with Crippen LogP contribution in [-0.4, -0.2) is 35.3 Å². The summed E-state index contributed by atoms with van der Waals surface area (Å²) in [6, 6.07) is 18.6. The van der Waals surface area contributed by atoms with Crippen LogP contribution in [0.1, 0.15) is 55.7 Å². The maximum absolute atomic E-state index is 11.3. The number of carbonyl (C=O) groups is 1. The van der Waals surface area contributed by atoms with E-state index in [-0.39, 0.29) is 5.92 Å². The monoisotopic (exact) mass is 427 g/mol. The van der Waals surface area contributed by atoms with Gasteiger partial charge in [0.05, 0.1) is 4.99 Å². The number of hydrogen-bond donors (Lipinski definition) is 2. The van der Waals surface area contributed by atoms with E-state index in [4.69, 9.17) is 17.0 Å². The van der Waals surface area contributed by atoms with Gasteiger partial charge in [-0.2, -0.15) is 0 Å². The van der Waals surface area contributed by atoms with Crippen LogP contribution in [0.5, 0.6) is 0 Å². The Morgan fingerprint density at radius 1 is 1.07 bits per heavy atom. The first-order chi connectivity index (χ1) is 14.5. The fourth-order valence-electron chi connectivity index (χ4n) is 3.43. The van der Waals surface area contributed by atoms with Crippen molar-refractivity contribution >= 4 is 23.2 Å². The first-order valence-corrected chi connectivity index (χ1v) is 11.2.